The lowest BCUT2D eigenvalue weighted by Crippen LogP contribution is -1.89. The topological polar surface area (TPSA) is 70.0 Å². The molecule has 0 aliphatic carbocycles. The lowest BCUT2D eigenvalue weighted by Gasteiger charge is -2.02. The lowest BCUT2D eigenvalue weighted by atomic mass is 10.1. The number of allylic oxidation sites excluding steroid dienone is 1. The fourth-order valence-corrected chi connectivity index (χ4v) is 4.23. The van der Waals surface area contributed by atoms with Gasteiger partial charge in [0.1, 0.15) is 22.4 Å². The molecule has 4 rings (SSSR count). The van der Waals surface area contributed by atoms with Gasteiger partial charge in [0, 0.05) is 26.0 Å². The molecule has 0 fully saturated rings. The molecule has 30 heavy (non-hydrogen) atoms. The summed E-state index contributed by atoms with van der Waals surface area (Å²) >= 11 is 16.9. The van der Waals surface area contributed by atoms with Crippen LogP contribution < -0.4 is 0 Å². The van der Waals surface area contributed by atoms with E-state index in [0.717, 1.165) is 10.0 Å². The number of halogens is 3. The Hall–Kier alpha value is -2.56. The van der Waals surface area contributed by atoms with E-state index in [-0.39, 0.29) is 17.1 Å². The van der Waals surface area contributed by atoms with Gasteiger partial charge >= 0.3 is 0 Å². The summed E-state index contributed by atoms with van der Waals surface area (Å²) in [5, 5.41) is 23.5. The van der Waals surface area contributed by atoms with E-state index in [1.165, 1.54) is 11.3 Å². The van der Waals surface area contributed by atoms with Gasteiger partial charge in [-0.05, 0) is 42.5 Å². The highest BCUT2D eigenvalue weighted by Crippen LogP contribution is 2.35. The summed E-state index contributed by atoms with van der Waals surface area (Å²) in [6.45, 7) is 0. The highest BCUT2D eigenvalue weighted by Gasteiger charge is 2.19. The number of aliphatic hydroxyl groups is 1. The van der Waals surface area contributed by atoms with E-state index in [0.29, 0.717) is 32.1 Å². The second-order valence-electron chi connectivity index (χ2n) is 6.17. The van der Waals surface area contributed by atoms with E-state index in [2.05, 4.69) is 20.9 Å². The quantitative estimate of drug-likeness (QED) is 0.219. The Morgan fingerprint density at radius 3 is 2.60 bits per heavy atom. The molecule has 0 bridgehead atoms. The Morgan fingerprint density at radius 2 is 1.87 bits per heavy atom. The summed E-state index contributed by atoms with van der Waals surface area (Å²) in [5.41, 5.74) is 2.25. The van der Waals surface area contributed by atoms with E-state index in [1.54, 1.807) is 30.3 Å². The van der Waals surface area contributed by atoms with Crippen molar-refractivity contribution in [2.24, 2.45) is 0 Å². The molecule has 1 N–H and O–H groups in total. The third kappa shape index (κ3) is 4.16. The number of benzene rings is 2. The molecule has 4 nitrogen and oxygen atoms in total. The van der Waals surface area contributed by atoms with E-state index in [1.807, 2.05) is 35.7 Å². The van der Waals surface area contributed by atoms with Crippen LogP contribution in [-0.4, -0.2) is 10.1 Å². The first-order chi connectivity index (χ1) is 14.5. The van der Waals surface area contributed by atoms with Crippen molar-refractivity contribution in [3.05, 3.63) is 85.3 Å². The van der Waals surface area contributed by atoms with Gasteiger partial charge in [-0.2, -0.15) is 5.26 Å². The molecular formula is C22H11BrCl2N2O2S. The number of furan rings is 1. The van der Waals surface area contributed by atoms with Crippen LogP contribution in [0.2, 0.25) is 10.0 Å². The number of nitrogens with zero attached hydrogens (tertiary/aromatic N) is 2. The summed E-state index contributed by atoms with van der Waals surface area (Å²) in [5.74, 6) is 0.271. The summed E-state index contributed by atoms with van der Waals surface area (Å²) in [6.07, 6.45) is 0. The first-order valence-corrected chi connectivity index (χ1v) is 11.0. The monoisotopic (exact) mass is 516 g/mol. The molecule has 0 saturated heterocycles. The largest absolute Gasteiger partial charge is 0.503 e. The second-order valence-corrected chi connectivity index (χ2v) is 8.79. The SMILES string of the molecule is N#CC(=C(O)c1ccc(-c2cc(Cl)ccc2Cl)o1)c1nc(-c2ccc(Br)cc2)cs1. The number of thiazole rings is 1. The minimum Gasteiger partial charge on any atom is -0.503 e. The van der Waals surface area contributed by atoms with Crippen LogP contribution in [0.4, 0.5) is 0 Å². The zero-order valence-corrected chi connectivity index (χ0v) is 19.0. The molecule has 2 aromatic heterocycles. The highest BCUT2D eigenvalue weighted by atomic mass is 79.9. The Bertz CT molecular complexity index is 1300. The molecule has 0 spiro atoms. The molecule has 0 saturated carbocycles. The van der Waals surface area contributed by atoms with Gasteiger partial charge in [0.2, 0.25) is 0 Å². The maximum Gasteiger partial charge on any atom is 0.179 e. The van der Waals surface area contributed by atoms with Gasteiger partial charge in [0.25, 0.3) is 0 Å². The Morgan fingerprint density at radius 1 is 1.10 bits per heavy atom. The summed E-state index contributed by atoms with van der Waals surface area (Å²) in [6, 6.07) is 17.9. The molecule has 148 valence electrons. The summed E-state index contributed by atoms with van der Waals surface area (Å²) in [7, 11) is 0. The molecular weight excluding hydrogens is 507 g/mol. The average molecular weight is 518 g/mol. The van der Waals surface area contributed by atoms with E-state index in [4.69, 9.17) is 27.6 Å². The molecule has 0 atom stereocenters. The third-order valence-electron chi connectivity index (χ3n) is 4.24. The predicted octanol–water partition coefficient (Wildman–Crippen LogP) is 8.09. The van der Waals surface area contributed by atoms with Crippen LogP contribution in [0.3, 0.4) is 0 Å². The van der Waals surface area contributed by atoms with Crippen molar-refractivity contribution in [2.45, 2.75) is 0 Å². The van der Waals surface area contributed by atoms with Crippen molar-refractivity contribution in [3.8, 4) is 28.7 Å². The zero-order chi connectivity index (χ0) is 21.3. The second kappa shape index (κ2) is 8.66. The van der Waals surface area contributed by atoms with Crippen molar-refractivity contribution in [1.29, 1.82) is 5.26 Å². The van der Waals surface area contributed by atoms with E-state index in [9.17, 15) is 10.4 Å². The smallest absolute Gasteiger partial charge is 0.179 e. The van der Waals surface area contributed by atoms with E-state index >= 15 is 0 Å². The fourth-order valence-electron chi connectivity index (χ4n) is 2.76. The molecule has 0 aliphatic heterocycles. The number of aromatic nitrogens is 1. The average Bonchev–Trinajstić information content (AvgIpc) is 3.41. The molecule has 4 aromatic rings. The summed E-state index contributed by atoms with van der Waals surface area (Å²) < 4.78 is 6.71. The van der Waals surface area contributed by atoms with Gasteiger partial charge in [-0.25, -0.2) is 4.98 Å². The van der Waals surface area contributed by atoms with Crippen LogP contribution in [0.25, 0.3) is 33.9 Å². The first-order valence-electron chi connectivity index (χ1n) is 8.57. The molecule has 2 heterocycles. The van der Waals surface area contributed by atoms with Crippen molar-refractivity contribution in [2.75, 3.05) is 0 Å². The number of hydrogen-bond donors (Lipinski definition) is 1. The maximum absolute atomic E-state index is 10.7. The van der Waals surface area contributed by atoms with Gasteiger partial charge in [0.05, 0.1) is 10.7 Å². The van der Waals surface area contributed by atoms with Gasteiger partial charge in [-0.15, -0.1) is 11.3 Å². The fraction of sp³-hybridized carbons (Fsp3) is 0. The van der Waals surface area contributed by atoms with E-state index < -0.39 is 0 Å². The number of nitriles is 1. The van der Waals surface area contributed by atoms with Gasteiger partial charge < -0.3 is 9.52 Å². The summed E-state index contributed by atoms with van der Waals surface area (Å²) in [4.78, 5) is 4.50. The standard InChI is InChI=1S/C22H11BrCl2N2O2S/c23-13-3-1-12(2-4-13)18-11-30-22(27-18)16(10-26)21(28)20-8-7-19(29-20)15-9-14(24)5-6-17(15)25/h1-9,11,28H. The van der Waals surface area contributed by atoms with Gasteiger partial charge in [0.15, 0.2) is 11.5 Å². The maximum atomic E-state index is 10.7. The minimum atomic E-state index is -0.293. The molecule has 0 aliphatic rings. The van der Waals surface area contributed by atoms with Gasteiger partial charge in [-0.3, -0.25) is 0 Å². The van der Waals surface area contributed by atoms with Crippen molar-refractivity contribution >= 4 is 61.8 Å². The van der Waals surface area contributed by atoms with Crippen LogP contribution >= 0.6 is 50.5 Å². The van der Waals surface area contributed by atoms with Crippen LogP contribution in [0.5, 0.6) is 0 Å². The number of hydrogen-bond acceptors (Lipinski definition) is 5. The van der Waals surface area contributed by atoms with Crippen LogP contribution in [0.1, 0.15) is 10.8 Å². The molecule has 2 aromatic carbocycles. The number of aliphatic hydroxyl groups excluding tert-OH is 1. The molecule has 0 unspecified atom stereocenters. The lowest BCUT2D eigenvalue weighted by molar-refractivity contribution is 0.466. The van der Waals surface area contributed by atoms with Crippen molar-refractivity contribution in [3.63, 3.8) is 0 Å². The zero-order valence-electron chi connectivity index (χ0n) is 15.1. The third-order valence-corrected chi connectivity index (χ3v) is 6.19. The first kappa shape index (κ1) is 20.7. The molecule has 0 radical (unpaired) electrons. The normalized spacial score (nSPS) is 11.8. The van der Waals surface area contributed by atoms with Crippen molar-refractivity contribution < 1.29 is 9.52 Å². The number of rotatable bonds is 4. The highest BCUT2D eigenvalue weighted by molar-refractivity contribution is 9.10. The molecule has 8 heteroatoms. The predicted molar refractivity (Wildman–Crippen MR) is 124 cm³/mol. The van der Waals surface area contributed by atoms with Crippen LogP contribution in [0, 0.1) is 11.3 Å². The Kier molecular flexibility index (Phi) is 5.98. The van der Waals surface area contributed by atoms with Crippen LogP contribution in [-0.2, 0) is 0 Å². The van der Waals surface area contributed by atoms with Crippen molar-refractivity contribution in [1.82, 2.24) is 4.98 Å². The molecule has 0 amide bonds. The Labute approximate surface area is 194 Å². The Balaban J connectivity index is 1.70. The van der Waals surface area contributed by atoms with Crippen LogP contribution in [0.15, 0.2) is 68.9 Å². The van der Waals surface area contributed by atoms with Gasteiger partial charge in [-0.1, -0.05) is 51.3 Å². The minimum absolute atomic E-state index is 0.0291.